The van der Waals surface area contributed by atoms with E-state index in [1.807, 2.05) is 4.90 Å². The van der Waals surface area contributed by atoms with Crippen LogP contribution in [0.1, 0.15) is 33.1 Å². The van der Waals surface area contributed by atoms with Crippen LogP contribution in [0.15, 0.2) is 0 Å². The summed E-state index contributed by atoms with van der Waals surface area (Å²) in [5, 5.41) is 8.78. The average Bonchev–Trinajstić information content (AvgIpc) is 3.03. The topological polar surface area (TPSA) is 79.8 Å². The van der Waals surface area contributed by atoms with Crippen molar-refractivity contribution in [2.45, 2.75) is 45.4 Å². The molecule has 0 saturated carbocycles. The van der Waals surface area contributed by atoms with Crippen molar-refractivity contribution >= 4 is 12.1 Å². The summed E-state index contributed by atoms with van der Waals surface area (Å²) >= 11 is 0. The summed E-state index contributed by atoms with van der Waals surface area (Å²) in [6, 6.07) is 0.0630. The van der Waals surface area contributed by atoms with Gasteiger partial charge in [0, 0.05) is 65.3 Å². The highest BCUT2D eigenvalue weighted by Gasteiger charge is 2.42. The zero-order valence-corrected chi connectivity index (χ0v) is 18.7. The fourth-order valence-electron chi connectivity index (χ4n) is 4.75. The molecule has 1 amide bonds. The van der Waals surface area contributed by atoms with Crippen molar-refractivity contribution < 1.29 is 19.4 Å². The summed E-state index contributed by atoms with van der Waals surface area (Å²) in [5.41, 5.74) is 0. The van der Waals surface area contributed by atoms with Crippen molar-refractivity contribution in [1.29, 1.82) is 0 Å². The molecule has 0 spiro atoms. The second-order valence-electron chi connectivity index (χ2n) is 8.71. The lowest BCUT2D eigenvalue weighted by Gasteiger charge is -2.38. The SMILES string of the molecule is CCN1CCN(CCCN2C(=O)OC(N3CCN(CCCC(=O)O)CC3)C2C)CC1. The predicted molar refractivity (Wildman–Crippen MR) is 114 cm³/mol. The Morgan fingerprint density at radius 3 is 2.10 bits per heavy atom. The van der Waals surface area contributed by atoms with Gasteiger partial charge in [-0.3, -0.25) is 9.69 Å². The number of hydrogen-bond donors (Lipinski definition) is 1. The first kappa shape index (κ1) is 23.2. The van der Waals surface area contributed by atoms with E-state index in [0.29, 0.717) is 6.42 Å². The smallest absolute Gasteiger partial charge is 0.411 e. The molecule has 1 N–H and O–H groups in total. The second-order valence-corrected chi connectivity index (χ2v) is 8.71. The predicted octanol–water partition coefficient (Wildman–Crippen LogP) is 0.663. The van der Waals surface area contributed by atoms with Crippen LogP contribution < -0.4 is 0 Å². The Labute approximate surface area is 180 Å². The fraction of sp³-hybridized carbons (Fsp3) is 0.905. The summed E-state index contributed by atoms with van der Waals surface area (Å²) in [5.74, 6) is -0.733. The molecule has 0 aromatic carbocycles. The number of nitrogens with zero attached hydrogens (tertiary/aromatic N) is 5. The Hall–Kier alpha value is -1.42. The maximum Gasteiger partial charge on any atom is 0.411 e. The molecule has 3 heterocycles. The van der Waals surface area contributed by atoms with E-state index in [9.17, 15) is 9.59 Å². The van der Waals surface area contributed by atoms with Gasteiger partial charge < -0.3 is 29.4 Å². The van der Waals surface area contributed by atoms with Crippen LogP contribution in [0, 0.1) is 0 Å². The number of carbonyl (C=O) groups excluding carboxylic acids is 1. The van der Waals surface area contributed by atoms with Crippen LogP contribution in [-0.2, 0) is 9.53 Å². The third kappa shape index (κ3) is 6.29. The van der Waals surface area contributed by atoms with Crippen LogP contribution in [0.3, 0.4) is 0 Å². The number of carboxylic acids is 1. The van der Waals surface area contributed by atoms with E-state index in [2.05, 4.69) is 33.4 Å². The van der Waals surface area contributed by atoms with Gasteiger partial charge in [0.15, 0.2) is 6.23 Å². The molecular formula is C21H39N5O4. The number of amides is 1. The molecule has 3 saturated heterocycles. The standard InChI is InChI=1S/C21H39N5O4/c1-3-22-10-12-24(13-11-22)8-5-9-26-18(2)20(30-21(26)29)25-16-14-23(15-17-25)7-4-6-19(27)28/h18,20H,3-17H2,1-2H3,(H,27,28). The van der Waals surface area contributed by atoms with Gasteiger partial charge in [-0.05, 0) is 39.4 Å². The normalized spacial score (nSPS) is 27.5. The van der Waals surface area contributed by atoms with Gasteiger partial charge in [0.25, 0.3) is 0 Å². The second kappa shape index (κ2) is 11.3. The van der Waals surface area contributed by atoms with Crippen LogP contribution in [0.25, 0.3) is 0 Å². The summed E-state index contributed by atoms with van der Waals surface area (Å²) in [4.78, 5) is 34.6. The Morgan fingerprint density at radius 2 is 1.50 bits per heavy atom. The zero-order chi connectivity index (χ0) is 21.5. The molecule has 0 aliphatic carbocycles. The molecule has 0 radical (unpaired) electrons. The molecule has 9 nitrogen and oxygen atoms in total. The van der Waals surface area contributed by atoms with Gasteiger partial charge in [-0.2, -0.15) is 0 Å². The minimum atomic E-state index is -0.733. The number of ether oxygens (including phenoxy) is 1. The summed E-state index contributed by atoms with van der Waals surface area (Å²) in [7, 11) is 0. The first-order chi connectivity index (χ1) is 14.5. The number of piperazine rings is 2. The van der Waals surface area contributed by atoms with Crippen LogP contribution >= 0.6 is 0 Å². The molecule has 0 aromatic rings. The molecule has 9 heteroatoms. The van der Waals surface area contributed by atoms with Crippen molar-refractivity contribution in [3.8, 4) is 0 Å². The molecule has 3 aliphatic heterocycles. The van der Waals surface area contributed by atoms with Crippen LogP contribution in [0.5, 0.6) is 0 Å². The highest BCUT2D eigenvalue weighted by Crippen LogP contribution is 2.24. The molecule has 0 aromatic heterocycles. The monoisotopic (exact) mass is 425 g/mol. The zero-order valence-electron chi connectivity index (χ0n) is 18.7. The van der Waals surface area contributed by atoms with Gasteiger partial charge in [0.1, 0.15) is 0 Å². The van der Waals surface area contributed by atoms with Crippen molar-refractivity contribution in [1.82, 2.24) is 24.5 Å². The van der Waals surface area contributed by atoms with E-state index in [4.69, 9.17) is 9.84 Å². The van der Waals surface area contributed by atoms with Crippen LogP contribution in [-0.4, -0.2) is 132 Å². The van der Waals surface area contributed by atoms with Gasteiger partial charge in [-0.15, -0.1) is 0 Å². The molecule has 30 heavy (non-hydrogen) atoms. The molecule has 172 valence electrons. The van der Waals surface area contributed by atoms with E-state index < -0.39 is 5.97 Å². The molecule has 0 bridgehead atoms. The highest BCUT2D eigenvalue weighted by atomic mass is 16.6. The summed E-state index contributed by atoms with van der Waals surface area (Å²) < 4.78 is 5.74. The number of likely N-dealkylation sites (N-methyl/N-ethyl adjacent to an activating group) is 1. The number of carbonyl (C=O) groups is 2. The lowest BCUT2D eigenvalue weighted by Crippen LogP contribution is -2.53. The Kier molecular flexibility index (Phi) is 8.73. The van der Waals surface area contributed by atoms with Crippen LogP contribution in [0.4, 0.5) is 4.79 Å². The molecule has 3 rings (SSSR count). The van der Waals surface area contributed by atoms with Gasteiger partial charge in [0.2, 0.25) is 0 Å². The van der Waals surface area contributed by atoms with Crippen molar-refractivity contribution in [2.75, 3.05) is 78.5 Å². The molecule has 2 atom stereocenters. The number of carboxylic acid groups (broad SMARTS) is 1. The minimum absolute atomic E-state index is 0.0630. The van der Waals surface area contributed by atoms with Crippen molar-refractivity contribution in [3.63, 3.8) is 0 Å². The van der Waals surface area contributed by atoms with Gasteiger partial charge in [-0.25, -0.2) is 4.79 Å². The number of hydrogen-bond acceptors (Lipinski definition) is 7. The summed E-state index contributed by atoms with van der Waals surface area (Å²) in [6.45, 7) is 16.0. The van der Waals surface area contributed by atoms with Crippen molar-refractivity contribution in [2.24, 2.45) is 0 Å². The maximum atomic E-state index is 12.5. The third-order valence-electron chi connectivity index (χ3n) is 6.78. The largest absolute Gasteiger partial charge is 0.481 e. The minimum Gasteiger partial charge on any atom is -0.481 e. The van der Waals surface area contributed by atoms with E-state index >= 15 is 0 Å². The summed E-state index contributed by atoms with van der Waals surface area (Å²) in [6.07, 6.45) is 1.53. The van der Waals surface area contributed by atoms with E-state index in [-0.39, 0.29) is 24.8 Å². The lowest BCUT2D eigenvalue weighted by atomic mass is 10.2. The van der Waals surface area contributed by atoms with Crippen LogP contribution in [0.2, 0.25) is 0 Å². The number of rotatable bonds is 10. The molecule has 3 fully saturated rings. The third-order valence-corrected chi connectivity index (χ3v) is 6.78. The first-order valence-corrected chi connectivity index (χ1v) is 11.6. The van der Waals surface area contributed by atoms with Gasteiger partial charge in [0.05, 0.1) is 6.04 Å². The number of aliphatic carboxylic acids is 1. The first-order valence-electron chi connectivity index (χ1n) is 11.6. The Balaban J connectivity index is 1.36. The highest BCUT2D eigenvalue weighted by molar-refractivity contribution is 5.70. The van der Waals surface area contributed by atoms with E-state index in [0.717, 1.165) is 85.0 Å². The maximum absolute atomic E-state index is 12.5. The Bertz CT molecular complexity index is 562. The molecular weight excluding hydrogens is 386 g/mol. The van der Waals surface area contributed by atoms with E-state index in [1.54, 1.807) is 0 Å². The van der Waals surface area contributed by atoms with Gasteiger partial charge in [-0.1, -0.05) is 6.92 Å². The quantitative estimate of drug-likeness (QED) is 0.547. The van der Waals surface area contributed by atoms with Crippen molar-refractivity contribution in [3.05, 3.63) is 0 Å². The lowest BCUT2D eigenvalue weighted by molar-refractivity contribution is -0.137. The number of cyclic esters (lactones) is 1. The van der Waals surface area contributed by atoms with E-state index in [1.165, 1.54) is 0 Å². The van der Waals surface area contributed by atoms with Gasteiger partial charge >= 0.3 is 12.1 Å². The Morgan fingerprint density at radius 1 is 0.933 bits per heavy atom. The molecule has 2 unspecified atom stereocenters. The average molecular weight is 426 g/mol. The molecule has 3 aliphatic rings. The fourth-order valence-corrected chi connectivity index (χ4v) is 4.75.